The van der Waals surface area contributed by atoms with Gasteiger partial charge < -0.3 is 30.7 Å². The van der Waals surface area contributed by atoms with Crippen LogP contribution in [0.3, 0.4) is 0 Å². The Morgan fingerprint density at radius 2 is 0.978 bits per heavy atom. The van der Waals surface area contributed by atoms with Gasteiger partial charge in [-0.15, -0.1) is 0 Å². The average Bonchev–Trinajstić information content (AvgIpc) is 2.90. The Bertz CT molecular complexity index is 1000. The minimum Gasteiger partial charge on any atom is -0.481 e. The second-order valence-electron chi connectivity index (χ2n) is 16.0. The molecule has 4 N–H and O–H groups in total. The van der Waals surface area contributed by atoms with Gasteiger partial charge in [0.1, 0.15) is 0 Å². The summed E-state index contributed by atoms with van der Waals surface area (Å²) in [5.74, 6) is 1.83. The standard InChI is InChI=1S/C34H64N8O4/c1-31(2)21-25(22-32(3,4)41(31)45-9)15-11-13-18-35-28-38-29(40-30(39-28)37-20-17-27(43)44)36-19-14-12-16-26-23-33(5,6)42(46-10)34(7,8)24-26/h25-26H,11-24H2,1-10H3,(H,43,44)(H3,35,36,37,38,39,40). The number of nitrogens with one attached hydrogen (secondary N) is 3. The number of aliphatic carboxylic acids is 1. The molecule has 0 atom stereocenters. The number of nitrogens with zero attached hydrogens (tertiary/aromatic N) is 5. The molecular formula is C34H64N8O4. The maximum absolute atomic E-state index is 11.0. The summed E-state index contributed by atoms with van der Waals surface area (Å²) >= 11 is 0. The Morgan fingerprint density at radius 3 is 1.28 bits per heavy atom. The Labute approximate surface area is 278 Å². The molecule has 0 unspecified atom stereocenters. The van der Waals surface area contributed by atoms with Gasteiger partial charge in [0.05, 0.1) is 20.6 Å². The molecule has 1 aromatic heterocycles. The normalized spacial score (nSPS) is 21.6. The first-order valence-corrected chi connectivity index (χ1v) is 17.4. The maximum Gasteiger partial charge on any atom is 0.305 e. The van der Waals surface area contributed by atoms with Gasteiger partial charge in [-0.3, -0.25) is 4.79 Å². The fourth-order valence-corrected chi connectivity index (χ4v) is 8.75. The van der Waals surface area contributed by atoms with Crippen molar-refractivity contribution in [1.29, 1.82) is 0 Å². The number of carboxylic acid groups (broad SMARTS) is 1. The lowest BCUT2D eigenvalue weighted by atomic mass is 9.73. The molecule has 0 aromatic carbocycles. The molecule has 3 heterocycles. The van der Waals surface area contributed by atoms with E-state index in [1.165, 1.54) is 12.8 Å². The summed E-state index contributed by atoms with van der Waals surface area (Å²) < 4.78 is 0. The fourth-order valence-electron chi connectivity index (χ4n) is 8.75. The zero-order valence-electron chi connectivity index (χ0n) is 30.5. The van der Waals surface area contributed by atoms with Crippen LogP contribution in [-0.2, 0) is 14.5 Å². The van der Waals surface area contributed by atoms with E-state index in [0.29, 0.717) is 29.7 Å². The molecule has 3 rings (SSSR count). The van der Waals surface area contributed by atoms with Crippen molar-refractivity contribution in [3.8, 4) is 0 Å². The van der Waals surface area contributed by atoms with Gasteiger partial charge in [-0.2, -0.15) is 25.1 Å². The predicted molar refractivity (Wildman–Crippen MR) is 185 cm³/mol. The van der Waals surface area contributed by atoms with Crippen LogP contribution < -0.4 is 16.0 Å². The number of aromatic nitrogens is 3. The van der Waals surface area contributed by atoms with E-state index in [9.17, 15) is 4.79 Å². The highest BCUT2D eigenvalue weighted by Gasteiger charge is 2.46. The van der Waals surface area contributed by atoms with Crippen molar-refractivity contribution in [3.63, 3.8) is 0 Å². The summed E-state index contributed by atoms with van der Waals surface area (Å²) in [7, 11) is 3.56. The SMILES string of the molecule is CON1C(C)(C)CC(CCCCNc2nc(NCCCCC3CC(C)(C)N(OC)C(C)(C)C3)nc(NCCC(=O)O)n2)CC1(C)C. The Hall–Kier alpha value is -2.28. The third-order valence-electron chi connectivity index (χ3n) is 9.62. The molecule has 2 aliphatic rings. The van der Waals surface area contributed by atoms with Crippen molar-refractivity contribution in [1.82, 2.24) is 25.1 Å². The van der Waals surface area contributed by atoms with E-state index in [1.54, 1.807) is 14.2 Å². The second-order valence-corrected chi connectivity index (χ2v) is 16.0. The lowest BCUT2D eigenvalue weighted by Crippen LogP contribution is -2.59. The van der Waals surface area contributed by atoms with Crippen molar-refractivity contribution in [3.05, 3.63) is 0 Å². The van der Waals surface area contributed by atoms with Gasteiger partial charge >= 0.3 is 5.97 Å². The van der Waals surface area contributed by atoms with Crippen LogP contribution in [0.15, 0.2) is 0 Å². The largest absolute Gasteiger partial charge is 0.481 e. The number of hydrogen-bond donors (Lipinski definition) is 4. The first kappa shape index (κ1) is 38.2. The summed E-state index contributed by atoms with van der Waals surface area (Å²) in [4.78, 5) is 36.2. The zero-order valence-corrected chi connectivity index (χ0v) is 30.5. The molecule has 46 heavy (non-hydrogen) atoms. The number of piperidine rings is 2. The lowest BCUT2D eigenvalue weighted by Gasteiger charge is -2.53. The van der Waals surface area contributed by atoms with Crippen LogP contribution in [0.2, 0.25) is 0 Å². The van der Waals surface area contributed by atoms with Crippen molar-refractivity contribution in [2.45, 2.75) is 148 Å². The van der Waals surface area contributed by atoms with E-state index >= 15 is 0 Å². The monoisotopic (exact) mass is 649 g/mol. The van der Waals surface area contributed by atoms with Crippen molar-refractivity contribution in [2.75, 3.05) is 49.8 Å². The molecule has 0 radical (unpaired) electrons. The number of hydroxylamine groups is 4. The average molecular weight is 649 g/mol. The van der Waals surface area contributed by atoms with Crippen LogP contribution in [0.1, 0.15) is 126 Å². The Morgan fingerprint density at radius 1 is 0.652 bits per heavy atom. The van der Waals surface area contributed by atoms with Crippen LogP contribution in [0.5, 0.6) is 0 Å². The summed E-state index contributed by atoms with van der Waals surface area (Å²) in [5.41, 5.74) is 0.0297. The van der Waals surface area contributed by atoms with Gasteiger partial charge in [-0.25, -0.2) is 0 Å². The highest BCUT2D eigenvalue weighted by Crippen LogP contribution is 2.44. The van der Waals surface area contributed by atoms with Gasteiger partial charge in [0.15, 0.2) is 0 Å². The fraction of sp³-hybridized carbons (Fsp3) is 0.882. The number of rotatable bonds is 18. The minimum absolute atomic E-state index is 0.00742. The molecular weight excluding hydrogens is 584 g/mol. The van der Waals surface area contributed by atoms with Crippen LogP contribution >= 0.6 is 0 Å². The van der Waals surface area contributed by atoms with Crippen LogP contribution in [0, 0.1) is 11.8 Å². The molecule has 12 nitrogen and oxygen atoms in total. The van der Waals surface area contributed by atoms with Crippen molar-refractivity contribution < 1.29 is 19.6 Å². The van der Waals surface area contributed by atoms with E-state index in [4.69, 9.17) is 14.8 Å². The molecule has 2 fully saturated rings. The first-order valence-electron chi connectivity index (χ1n) is 17.4. The van der Waals surface area contributed by atoms with E-state index in [0.717, 1.165) is 64.5 Å². The van der Waals surface area contributed by atoms with Crippen LogP contribution in [0.4, 0.5) is 17.8 Å². The highest BCUT2D eigenvalue weighted by molar-refractivity contribution is 5.67. The molecule has 0 bridgehead atoms. The van der Waals surface area contributed by atoms with Gasteiger partial charge in [-0.05, 0) is 106 Å². The molecule has 1 aromatic rings. The maximum atomic E-state index is 11.0. The van der Waals surface area contributed by atoms with Crippen molar-refractivity contribution in [2.24, 2.45) is 11.8 Å². The molecule has 12 heteroatoms. The van der Waals surface area contributed by atoms with E-state index in [2.05, 4.69) is 96.4 Å². The number of carboxylic acids is 1. The van der Waals surface area contributed by atoms with E-state index in [-0.39, 0.29) is 35.1 Å². The van der Waals surface area contributed by atoms with E-state index < -0.39 is 5.97 Å². The Balaban J connectivity index is 1.48. The number of hydrogen-bond acceptors (Lipinski definition) is 11. The first-order chi connectivity index (χ1) is 21.5. The molecule has 2 saturated heterocycles. The molecule has 264 valence electrons. The third-order valence-corrected chi connectivity index (χ3v) is 9.62. The van der Waals surface area contributed by atoms with Gasteiger partial charge in [0.25, 0.3) is 0 Å². The molecule has 0 spiro atoms. The molecule has 0 aliphatic carbocycles. The lowest BCUT2D eigenvalue weighted by molar-refractivity contribution is -0.272. The highest BCUT2D eigenvalue weighted by atomic mass is 16.7. The van der Waals surface area contributed by atoms with Gasteiger partial charge in [0.2, 0.25) is 17.8 Å². The number of carbonyl (C=O) groups is 1. The Kier molecular flexibility index (Phi) is 13.5. The second kappa shape index (κ2) is 16.2. The van der Waals surface area contributed by atoms with Crippen LogP contribution in [-0.4, -0.2) is 92.2 Å². The summed E-state index contributed by atoms with van der Waals surface area (Å²) in [6, 6.07) is 0. The summed E-state index contributed by atoms with van der Waals surface area (Å²) in [6.07, 6.45) is 11.1. The number of unbranched alkanes of at least 4 members (excludes halogenated alkanes) is 2. The third kappa shape index (κ3) is 10.9. The van der Waals surface area contributed by atoms with Crippen LogP contribution in [0.25, 0.3) is 0 Å². The summed E-state index contributed by atoms with van der Waals surface area (Å²) in [5, 5.41) is 23.2. The van der Waals surface area contributed by atoms with Gasteiger partial charge in [0, 0.05) is 41.8 Å². The zero-order chi connectivity index (χ0) is 34.2. The predicted octanol–water partition coefficient (Wildman–Crippen LogP) is 6.58. The topological polar surface area (TPSA) is 137 Å². The van der Waals surface area contributed by atoms with Gasteiger partial charge in [-0.1, -0.05) is 25.7 Å². The van der Waals surface area contributed by atoms with E-state index in [1.807, 2.05) is 0 Å². The molecule has 0 saturated carbocycles. The minimum atomic E-state index is -0.863. The quantitative estimate of drug-likeness (QED) is 0.128. The molecule has 2 aliphatic heterocycles. The van der Waals surface area contributed by atoms with Crippen molar-refractivity contribution >= 4 is 23.8 Å². The molecule has 0 amide bonds. The number of anilines is 3. The summed E-state index contributed by atoms with van der Waals surface area (Å²) in [6.45, 7) is 19.9. The smallest absolute Gasteiger partial charge is 0.305 e.